The first-order valence-corrected chi connectivity index (χ1v) is 8.26. The molecule has 2 aromatic rings. The molecule has 0 saturated heterocycles. The molecule has 1 aromatic heterocycles. The molecule has 0 radical (unpaired) electrons. The number of aromatic nitrogens is 2. The zero-order chi connectivity index (χ0) is 16.2. The van der Waals surface area contributed by atoms with Crippen molar-refractivity contribution in [2.45, 2.75) is 33.2 Å². The third-order valence-electron chi connectivity index (χ3n) is 4.29. The van der Waals surface area contributed by atoms with Gasteiger partial charge in [-0.15, -0.1) is 24.0 Å². The number of fused-ring (bicyclic) bond motifs is 1. The van der Waals surface area contributed by atoms with E-state index in [4.69, 9.17) is 0 Å². The van der Waals surface area contributed by atoms with Crippen LogP contribution in [0.2, 0.25) is 0 Å². The molecule has 0 spiro atoms. The van der Waals surface area contributed by atoms with E-state index in [-0.39, 0.29) is 24.0 Å². The molecule has 130 valence electrons. The van der Waals surface area contributed by atoms with E-state index in [1.807, 2.05) is 14.0 Å². The van der Waals surface area contributed by atoms with E-state index in [1.165, 1.54) is 16.9 Å². The van der Waals surface area contributed by atoms with Crippen molar-refractivity contribution >= 4 is 35.6 Å². The fraction of sp³-hybridized carbons (Fsp3) is 0.444. The summed E-state index contributed by atoms with van der Waals surface area (Å²) in [6.07, 6.45) is 2.11. The van der Waals surface area contributed by atoms with Gasteiger partial charge in [0.25, 0.3) is 0 Å². The highest BCUT2D eigenvalue weighted by Crippen LogP contribution is 2.27. The normalized spacial score (nSPS) is 13.6. The smallest absolute Gasteiger partial charge is 0.198 e. The van der Waals surface area contributed by atoms with E-state index in [1.54, 1.807) is 0 Å². The number of rotatable bonds is 4. The summed E-state index contributed by atoms with van der Waals surface area (Å²) in [4.78, 5) is 6.72. The van der Waals surface area contributed by atoms with Crippen LogP contribution in [0.1, 0.15) is 23.4 Å². The average molecular weight is 439 g/mol. The number of nitrogens with zero attached hydrogens (tertiary/aromatic N) is 4. The van der Waals surface area contributed by atoms with E-state index >= 15 is 0 Å². The summed E-state index contributed by atoms with van der Waals surface area (Å²) < 4.78 is 2.07. The number of hydrogen-bond acceptors (Lipinski definition) is 2. The lowest BCUT2D eigenvalue weighted by Crippen LogP contribution is -2.41. The highest BCUT2D eigenvalue weighted by molar-refractivity contribution is 14.0. The minimum absolute atomic E-state index is 0. The Bertz CT molecular complexity index is 707. The number of aliphatic imine (C=N–C) groups is 1. The van der Waals surface area contributed by atoms with Crippen LogP contribution in [0.3, 0.4) is 0 Å². The number of halogens is 1. The topological polar surface area (TPSA) is 45.5 Å². The van der Waals surface area contributed by atoms with Crippen molar-refractivity contribution in [2.24, 2.45) is 4.99 Å². The molecule has 3 rings (SSSR count). The van der Waals surface area contributed by atoms with E-state index in [2.05, 4.69) is 62.2 Å². The lowest BCUT2D eigenvalue weighted by atomic mass is 10.2. The number of para-hydroxylation sites is 1. The molecular weight excluding hydrogens is 413 g/mol. The monoisotopic (exact) mass is 439 g/mol. The molecule has 0 atom stereocenters. The first-order valence-electron chi connectivity index (χ1n) is 8.26. The van der Waals surface area contributed by atoms with Gasteiger partial charge >= 0.3 is 0 Å². The summed E-state index contributed by atoms with van der Waals surface area (Å²) in [6.45, 7) is 6.96. The predicted molar refractivity (Wildman–Crippen MR) is 111 cm³/mol. The number of hydrogen-bond donors (Lipinski definition) is 1. The second-order valence-corrected chi connectivity index (χ2v) is 6.01. The highest BCUT2D eigenvalue weighted by Gasteiger charge is 2.21. The van der Waals surface area contributed by atoms with Crippen molar-refractivity contribution in [3.05, 3.63) is 47.3 Å². The van der Waals surface area contributed by atoms with Crippen LogP contribution in [-0.4, -0.2) is 35.9 Å². The molecular formula is C18H26IN5. The molecule has 2 heterocycles. The summed E-state index contributed by atoms with van der Waals surface area (Å²) in [5, 5.41) is 7.99. The fourth-order valence-corrected chi connectivity index (χ4v) is 3.18. The Morgan fingerprint density at radius 2 is 2.08 bits per heavy atom. The molecule has 1 aliphatic rings. The maximum Gasteiger partial charge on any atom is 0.198 e. The van der Waals surface area contributed by atoms with E-state index in [0.29, 0.717) is 0 Å². The number of guanidine groups is 1. The second kappa shape index (κ2) is 8.50. The first-order chi connectivity index (χ1) is 11.2. The van der Waals surface area contributed by atoms with Gasteiger partial charge in [0, 0.05) is 38.1 Å². The number of aryl methyl sites for hydroxylation is 3. The van der Waals surface area contributed by atoms with Crippen LogP contribution in [0.15, 0.2) is 35.3 Å². The third kappa shape index (κ3) is 4.09. The van der Waals surface area contributed by atoms with Gasteiger partial charge in [-0.05, 0) is 44.4 Å². The van der Waals surface area contributed by atoms with Gasteiger partial charge in [-0.2, -0.15) is 5.10 Å². The van der Waals surface area contributed by atoms with Gasteiger partial charge in [0.1, 0.15) is 0 Å². The summed E-state index contributed by atoms with van der Waals surface area (Å²) in [5.74, 6) is 0.961. The summed E-state index contributed by atoms with van der Waals surface area (Å²) in [7, 11) is 1.85. The quantitative estimate of drug-likeness (QED) is 0.345. The van der Waals surface area contributed by atoms with Crippen molar-refractivity contribution in [1.29, 1.82) is 0 Å². The Morgan fingerprint density at radius 3 is 2.79 bits per heavy atom. The second-order valence-electron chi connectivity index (χ2n) is 6.01. The van der Waals surface area contributed by atoms with Crippen molar-refractivity contribution in [3.8, 4) is 0 Å². The highest BCUT2D eigenvalue weighted by atomic mass is 127. The number of anilines is 1. The maximum atomic E-state index is 4.50. The Labute approximate surface area is 161 Å². The molecule has 1 aliphatic heterocycles. The molecule has 24 heavy (non-hydrogen) atoms. The number of nitrogens with one attached hydrogen (secondary N) is 1. The summed E-state index contributed by atoms with van der Waals surface area (Å²) in [5.41, 5.74) is 4.98. The predicted octanol–water partition coefficient (Wildman–Crippen LogP) is 3.15. The minimum atomic E-state index is 0. The molecule has 0 amide bonds. The lowest BCUT2D eigenvalue weighted by molar-refractivity contribution is 0.556. The van der Waals surface area contributed by atoms with Crippen LogP contribution >= 0.6 is 24.0 Å². The fourth-order valence-electron chi connectivity index (χ4n) is 3.18. The Hall–Kier alpha value is -1.57. The minimum Gasteiger partial charge on any atom is -0.356 e. The molecule has 0 unspecified atom stereocenters. The molecule has 0 saturated carbocycles. The van der Waals surface area contributed by atoms with Crippen LogP contribution in [0.5, 0.6) is 0 Å². The molecule has 1 N–H and O–H groups in total. The van der Waals surface area contributed by atoms with Gasteiger partial charge in [0.15, 0.2) is 5.96 Å². The standard InChI is InChI=1S/C18H25N5.HI/c1-14-13-15(2)23(21-14)11-6-10-20-18(19-3)22-12-9-16-7-4-5-8-17(16)22;/h4-5,7-8,13H,6,9-12H2,1-3H3,(H,19,20);1H. The lowest BCUT2D eigenvalue weighted by Gasteiger charge is -2.22. The van der Waals surface area contributed by atoms with E-state index in [9.17, 15) is 0 Å². The number of benzene rings is 1. The third-order valence-corrected chi connectivity index (χ3v) is 4.29. The van der Waals surface area contributed by atoms with Crippen molar-refractivity contribution in [3.63, 3.8) is 0 Å². The van der Waals surface area contributed by atoms with Gasteiger partial charge in [-0.25, -0.2) is 0 Å². The van der Waals surface area contributed by atoms with Gasteiger partial charge in [0.2, 0.25) is 0 Å². The zero-order valence-electron chi connectivity index (χ0n) is 14.6. The van der Waals surface area contributed by atoms with Gasteiger partial charge < -0.3 is 10.2 Å². The van der Waals surface area contributed by atoms with Crippen LogP contribution < -0.4 is 10.2 Å². The van der Waals surface area contributed by atoms with Crippen molar-refractivity contribution in [2.75, 3.05) is 25.0 Å². The van der Waals surface area contributed by atoms with Crippen LogP contribution in [0.25, 0.3) is 0 Å². The summed E-state index contributed by atoms with van der Waals surface area (Å²) in [6, 6.07) is 10.7. The molecule has 6 heteroatoms. The maximum absolute atomic E-state index is 4.50. The van der Waals surface area contributed by atoms with Crippen molar-refractivity contribution < 1.29 is 0 Å². The van der Waals surface area contributed by atoms with Crippen molar-refractivity contribution in [1.82, 2.24) is 15.1 Å². The Balaban J connectivity index is 0.00000208. The Morgan fingerprint density at radius 1 is 1.29 bits per heavy atom. The first kappa shape index (κ1) is 18.8. The Kier molecular flexibility index (Phi) is 6.65. The van der Waals surface area contributed by atoms with Gasteiger partial charge in [0.05, 0.1) is 5.69 Å². The molecule has 0 aliphatic carbocycles. The van der Waals surface area contributed by atoms with Gasteiger partial charge in [-0.3, -0.25) is 9.67 Å². The average Bonchev–Trinajstić information content (AvgIpc) is 3.11. The van der Waals surface area contributed by atoms with E-state index in [0.717, 1.165) is 44.1 Å². The van der Waals surface area contributed by atoms with Crippen LogP contribution in [-0.2, 0) is 13.0 Å². The molecule has 1 aromatic carbocycles. The summed E-state index contributed by atoms with van der Waals surface area (Å²) >= 11 is 0. The SMILES string of the molecule is CN=C(NCCCn1nc(C)cc1C)N1CCc2ccccc21.I. The molecule has 0 bridgehead atoms. The molecule has 5 nitrogen and oxygen atoms in total. The van der Waals surface area contributed by atoms with Gasteiger partial charge in [-0.1, -0.05) is 18.2 Å². The largest absolute Gasteiger partial charge is 0.356 e. The molecule has 0 fully saturated rings. The zero-order valence-corrected chi connectivity index (χ0v) is 16.9. The van der Waals surface area contributed by atoms with Crippen LogP contribution in [0, 0.1) is 13.8 Å². The van der Waals surface area contributed by atoms with E-state index < -0.39 is 0 Å². The van der Waals surface area contributed by atoms with Crippen LogP contribution in [0.4, 0.5) is 5.69 Å².